The maximum absolute atomic E-state index is 13.3. The van der Waals surface area contributed by atoms with E-state index in [1.807, 2.05) is 79.7 Å². The Morgan fingerprint density at radius 1 is 1.00 bits per heavy atom. The maximum atomic E-state index is 13.3. The summed E-state index contributed by atoms with van der Waals surface area (Å²) in [6.45, 7) is 2.05. The van der Waals surface area contributed by atoms with Gasteiger partial charge in [-0.05, 0) is 24.1 Å². The van der Waals surface area contributed by atoms with Crippen molar-refractivity contribution in [3.05, 3.63) is 101 Å². The lowest BCUT2D eigenvalue weighted by Gasteiger charge is -2.31. The third kappa shape index (κ3) is 3.67. The number of anilines is 1. The number of carbonyl (C=O) groups is 2. The predicted molar refractivity (Wildman–Crippen MR) is 110 cm³/mol. The summed E-state index contributed by atoms with van der Waals surface area (Å²) in [6.07, 6.45) is 0.263. The molecule has 0 aromatic heterocycles. The molecule has 1 aliphatic rings. The van der Waals surface area contributed by atoms with Gasteiger partial charge in [-0.3, -0.25) is 9.59 Å². The molecule has 0 fully saturated rings. The van der Waals surface area contributed by atoms with Crippen molar-refractivity contribution in [1.82, 2.24) is 4.90 Å². The largest absolute Gasteiger partial charge is 0.324 e. The Morgan fingerprint density at radius 3 is 2.39 bits per heavy atom. The van der Waals surface area contributed by atoms with Crippen molar-refractivity contribution in [1.29, 1.82) is 0 Å². The molecular weight excluding hydrogens is 348 g/mol. The first-order valence-electron chi connectivity index (χ1n) is 9.40. The summed E-state index contributed by atoms with van der Waals surface area (Å²) in [7, 11) is 0. The van der Waals surface area contributed by atoms with Crippen LogP contribution < -0.4 is 5.32 Å². The first-order valence-corrected chi connectivity index (χ1v) is 9.40. The molecule has 3 aromatic carbocycles. The highest BCUT2D eigenvalue weighted by molar-refractivity contribution is 5.97. The van der Waals surface area contributed by atoms with Gasteiger partial charge in [-0.2, -0.15) is 0 Å². The van der Waals surface area contributed by atoms with Crippen molar-refractivity contribution in [2.24, 2.45) is 0 Å². The first-order chi connectivity index (χ1) is 13.6. The highest BCUT2D eigenvalue weighted by atomic mass is 16.2. The number of nitrogens with zero attached hydrogens (tertiary/aromatic N) is 1. The van der Waals surface area contributed by atoms with Crippen molar-refractivity contribution in [3.8, 4) is 0 Å². The molecule has 0 unspecified atom stereocenters. The second-order valence-electron chi connectivity index (χ2n) is 7.14. The number of benzene rings is 3. The summed E-state index contributed by atoms with van der Waals surface area (Å²) in [5.41, 5.74) is 4.73. The van der Waals surface area contributed by atoms with E-state index in [9.17, 15) is 9.59 Å². The molecule has 0 saturated carbocycles. The lowest BCUT2D eigenvalue weighted by Crippen LogP contribution is -2.39. The molecule has 1 N–H and O–H groups in total. The zero-order chi connectivity index (χ0) is 19.5. The third-order valence-electron chi connectivity index (χ3n) is 5.04. The molecule has 4 nitrogen and oxygen atoms in total. The van der Waals surface area contributed by atoms with E-state index in [1.165, 1.54) is 0 Å². The summed E-state index contributed by atoms with van der Waals surface area (Å²) in [5.74, 6) is -0.241. The van der Waals surface area contributed by atoms with Gasteiger partial charge in [0.05, 0.1) is 12.5 Å². The van der Waals surface area contributed by atoms with Crippen LogP contribution in [0, 0.1) is 6.92 Å². The molecular formula is C24H22N2O2. The molecule has 0 saturated heterocycles. The van der Waals surface area contributed by atoms with Gasteiger partial charge >= 0.3 is 0 Å². The van der Waals surface area contributed by atoms with Crippen molar-refractivity contribution in [3.63, 3.8) is 0 Å². The van der Waals surface area contributed by atoms with Crippen LogP contribution in [-0.4, -0.2) is 23.3 Å². The van der Waals surface area contributed by atoms with Gasteiger partial charge in [0.2, 0.25) is 11.8 Å². The molecule has 1 heterocycles. The zero-order valence-corrected chi connectivity index (χ0v) is 15.8. The summed E-state index contributed by atoms with van der Waals surface area (Å²) in [4.78, 5) is 27.6. The molecule has 1 atom stereocenters. The van der Waals surface area contributed by atoms with Crippen molar-refractivity contribution in [2.75, 3.05) is 11.9 Å². The number of nitrogens with one attached hydrogen (secondary N) is 1. The average molecular weight is 370 g/mol. The van der Waals surface area contributed by atoms with E-state index >= 15 is 0 Å². The van der Waals surface area contributed by atoms with Gasteiger partial charge in [0.1, 0.15) is 6.54 Å². The standard InChI is InChI=1S/C24H22N2O2/c1-17-12-13-21-20(14-17)24(19-10-6-3-7-11-19)26(16-22(27)25-21)23(28)15-18-8-4-2-5-9-18/h2-14,24H,15-16H2,1H3,(H,25,27)/t24-/m1/s1. The number of rotatable bonds is 3. The normalized spacial score (nSPS) is 16.1. The Bertz CT molecular complexity index is 1000. The summed E-state index contributed by atoms with van der Waals surface area (Å²) < 4.78 is 0. The molecule has 28 heavy (non-hydrogen) atoms. The molecule has 0 radical (unpaired) electrons. The Kier molecular flexibility index (Phi) is 4.94. The Balaban J connectivity index is 1.80. The molecule has 1 aliphatic heterocycles. The van der Waals surface area contributed by atoms with Crippen LogP contribution in [0.25, 0.3) is 0 Å². The quantitative estimate of drug-likeness (QED) is 0.754. The molecule has 0 bridgehead atoms. The zero-order valence-electron chi connectivity index (χ0n) is 15.8. The summed E-state index contributed by atoms with van der Waals surface area (Å²) >= 11 is 0. The van der Waals surface area contributed by atoms with Gasteiger partial charge in [0.25, 0.3) is 0 Å². The molecule has 2 amide bonds. The molecule has 0 aliphatic carbocycles. The predicted octanol–water partition coefficient (Wildman–Crippen LogP) is 4.11. The van der Waals surface area contributed by atoms with Crippen LogP contribution in [-0.2, 0) is 16.0 Å². The second kappa shape index (κ2) is 7.69. The van der Waals surface area contributed by atoms with Crippen molar-refractivity contribution < 1.29 is 9.59 Å². The number of fused-ring (bicyclic) bond motifs is 1. The van der Waals surface area contributed by atoms with E-state index in [4.69, 9.17) is 0 Å². The Labute approximate surface area is 164 Å². The number of amides is 2. The Morgan fingerprint density at radius 2 is 1.68 bits per heavy atom. The van der Waals surface area contributed by atoms with E-state index in [0.29, 0.717) is 0 Å². The van der Waals surface area contributed by atoms with E-state index in [-0.39, 0.29) is 30.8 Å². The van der Waals surface area contributed by atoms with E-state index in [0.717, 1.165) is 27.9 Å². The van der Waals surface area contributed by atoms with Crippen LogP contribution >= 0.6 is 0 Å². The van der Waals surface area contributed by atoms with E-state index in [1.54, 1.807) is 4.90 Å². The molecule has 0 spiro atoms. The van der Waals surface area contributed by atoms with Gasteiger partial charge < -0.3 is 10.2 Å². The van der Waals surface area contributed by atoms with Crippen LogP contribution in [0.3, 0.4) is 0 Å². The molecule has 4 heteroatoms. The van der Waals surface area contributed by atoms with Crippen molar-refractivity contribution in [2.45, 2.75) is 19.4 Å². The van der Waals surface area contributed by atoms with Crippen LogP contribution in [0.1, 0.15) is 28.3 Å². The minimum atomic E-state index is -0.314. The fourth-order valence-corrected chi connectivity index (χ4v) is 3.72. The molecule has 4 rings (SSSR count). The number of hydrogen-bond acceptors (Lipinski definition) is 2. The lowest BCUT2D eigenvalue weighted by molar-refractivity contribution is -0.135. The summed E-state index contributed by atoms with van der Waals surface area (Å²) in [5, 5.41) is 2.97. The maximum Gasteiger partial charge on any atom is 0.244 e. The third-order valence-corrected chi connectivity index (χ3v) is 5.04. The number of carbonyl (C=O) groups excluding carboxylic acids is 2. The smallest absolute Gasteiger partial charge is 0.244 e. The van der Waals surface area contributed by atoms with Gasteiger partial charge in [0.15, 0.2) is 0 Å². The number of hydrogen-bond donors (Lipinski definition) is 1. The van der Waals surface area contributed by atoms with Crippen molar-refractivity contribution >= 4 is 17.5 Å². The fraction of sp³-hybridized carbons (Fsp3) is 0.167. The second-order valence-corrected chi connectivity index (χ2v) is 7.14. The topological polar surface area (TPSA) is 49.4 Å². The number of aryl methyl sites for hydroxylation is 1. The summed E-state index contributed by atoms with van der Waals surface area (Å²) in [6, 6.07) is 25.2. The van der Waals surface area contributed by atoms with Crippen LogP contribution in [0.5, 0.6) is 0 Å². The van der Waals surface area contributed by atoms with Crippen LogP contribution in [0.2, 0.25) is 0 Å². The van der Waals surface area contributed by atoms with Gasteiger partial charge in [-0.1, -0.05) is 78.4 Å². The SMILES string of the molecule is Cc1ccc2c(c1)[C@@H](c1ccccc1)N(C(=O)Cc1ccccc1)CC(=O)N2. The van der Waals surface area contributed by atoms with Gasteiger partial charge in [0, 0.05) is 11.3 Å². The van der Waals surface area contributed by atoms with Crippen LogP contribution in [0.4, 0.5) is 5.69 Å². The highest BCUT2D eigenvalue weighted by Gasteiger charge is 2.33. The first kappa shape index (κ1) is 18.0. The van der Waals surface area contributed by atoms with E-state index < -0.39 is 0 Å². The lowest BCUT2D eigenvalue weighted by atomic mass is 9.94. The Hall–Kier alpha value is -3.40. The monoisotopic (exact) mass is 370 g/mol. The highest BCUT2D eigenvalue weighted by Crippen LogP contribution is 2.36. The van der Waals surface area contributed by atoms with Gasteiger partial charge in [-0.15, -0.1) is 0 Å². The molecule has 3 aromatic rings. The van der Waals surface area contributed by atoms with E-state index in [2.05, 4.69) is 11.4 Å². The minimum Gasteiger partial charge on any atom is -0.324 e. The van der Waals surface area contributed by atoms with Gasteiger partial charge in [-0.25, -0.2) is 0 Å². The minimum absolute atomic E-state index is 0.0267. The van der Waals surface area contributed by atoms with Crippen LogP contribution in [0.15, 0.2) is 78.9 Å². The average Bonchev–Trinajstić information content (AvgIpc) is 2.85. The fourth-order valence-electron chi connectivity index (χ4n) is 3.72. The molecule has 140 valence electrons.